The molecule has 6 rings (SSSR count). The fraction of sp³-hybridized carbons (Fsp3) is 0.200. The third-order valence-electron chi connectivity index (χ3n) is 7.35. The maximum atomic E-state index is 12.5. The van der Waals surface area contributed by atoms with E-state index < -0.39 is 6.29 Å². The van der Waals surface area contributed by atoms with Crippen molar-refractivity contribution in [1.82, 2.24) is 20.3 Å². The molecule has 1 fully saturated rings. The van der Waals surface area contributed by atoms with Crippen molar-refractivity contribution in [2.24, 2.45) is 0 Å². The highest BCUT2D eigenvalue weighted by atomic mass is 32.2. The second kappa shape index (κ2) is 14.4. The Morgan fingerprint density at radius 2 is 1.64 bits per heavy atom. The van der Waals surface area contributed by atoms with Gasteiger partial charge in [0.25, 0.3) is 5.91 Å². The summed E-state index contributed by atoms with van der Waals surface area (Å²) in [5, 5.41) is 13.2. The molecule has 44 heavy (non-hydrogen) atoms. The Balaban J connectivity index is 1.20. The predicted octanol–water partition coefficient (Wildman–Crippen LogP) is 6.30. The van der Waals surface area contributed by atoms with Gasteiger partial charge in [0.15, 0.2) is 11.4 Å². The third-order valence-corrected chi connectivity index (χ3v) is 8.36. The largest absolute Gasteiger partial charge is 0.392 e. The summed E-state index contributed by atoms with van der Waals surface area (Å²) in [5.74, 6) is 0.519. The number of nitrogens with one attached hydrogen (secondary N) is 1. The van der Waals surface area contributed by atoms with E-state index in [-0.39, 0.29) is 24.7 Å². The minimum Gasteiger partial charge on any atom is -0.392 e. The standard InChI is InChI=1S/C35H32N4O4S/c40-22-24-10-12-26(13-11-24)32-19-31(23-44-35-37-15-4-16-38-35)42-34(43-32)29-8-2-7-28(18-29)27-6-1-5-25(17-27)20-39-33(41)30-9-3-14-36-21-30/h1-18,21,31-32,34,40H,19-20,22-23H2,(H,39,41). The summed E-state index contributed by atoms with van der Waals surface area (Å²) in [6, 6.07) is 29.5. The molecule has 0 aliphatic carbocycles. The molecule has 2 N–H and O–H groups in total. The number of aromatic nitrogens is 3. The molecule has 0 spiro atoms. The van der Waals surface area contributed by atoms with Crippen molar-refractivity contribution >= 4 is 17.7 Å². The number of carbonyl (C=O) groups excluding carboxylic acids is 1. The molecule has 9 heteroatoms. The highest BCUT2D eigenvalue weighted by Crippen LogP contribution is 2.40. The number of hydrogen-bond donors (Lipinski definition) is 2. The molecule has 1 amide bonds. The van der Waals surface area contributed by atoms with Gasteiger partial charge in [0, 0.05) is 49.1 Å². The number of hydrogen-bond acceptors (Lipinski definition) is 8. The first-order chi connectivity index (χ1) is 21.6. The summed E-state index contributed by atoms with van der Waals surface area (Å²) in [6.45, 7) is 0.399. The average molecular weight is 605 g/mol. The van der Waals surface area contributed by atoms with E-state index in [1.807, 2.05) is 48.5 Å². The number of carbonyl (C=O) groups is 1. The zero-order chi connectivity index (χ0) is 30.1. The van der Waals surface area contributed by atoms with Crippen molar-refractivity contribution in [3.05, 3.63) is 144 Å². The number of pyridine rings is 1. The Morgan fingerprint density at radius 3 is 2.41 bits per heavy atom. The fourth-order valence-electron chi connectivity index (χ4n) is 5.06. The monoisotopic (exact) mass is 604 g/mol. The van der Waals surface area contributed by atoms with Gasteiger partial charge in [0.05, 0.1) is 24.4 Å². The quantitative estimate of drug-likeness (QED) is 0.141. The van der Waals surface area contributed by atoms with E-state index in [1.54, 1.807) is 54.7 Å². The molecule has 3 heterocycles. The number of nitrogens with zero attached hydrogens (tertiary/aromatic N) is 3. The summed E-state index contributed by atoms with van der Waals surface area (Å²) < 4.78 is 13.1. The van der Waals surface area contributed by atoms with Gasteiger partial charge < -0.3 is 19.9 Å². The van der Waals surface area contributed by atoms with E-state index in [1.165, 1.54) is 0 Å². The molecule has 1 aliphatic heterocycles. The van der Waals surface area contributed by atoms with Crippen LogP contribution >= 0.6 is 11.8 Å². The number of benzene rings is 3. The van der Waals surface area contributed by atoms with E-state index in [4.69, 9.17) is 9.47 Å². The number of thioether (sulfide) groups is 1. The summed E-state index contributed by atoms with van der Waals surface area (Å²) in [5.41, 5.74) is 6.38. The lowest BCUT2D eigenvalue weighted by Crippen LogP contribution is -2.31. The van der Waals surface area contributed by atoms with Crippen LogP contribution in [0.15, 0.2) is 121 Å². The second-order valence-corrected chi connectivity index (χ2v) is 11.4. The van der Waals surface area contributed by atoms with Crippen LogP contribution in [0, 0.1) is 0 Å². The molecule has 0 bridgehead atoms. The summed E-state index contributed by atoms with van der Waals surface area (Å²) >= 11 is 1.56. The number of amides is 1. The highest BCUT2D eigenvalue weighted by Gasteiger charge is 2.32. The molecule has 1 saturated heterocycles. The van der Waals surface area contributed by atoms with Gasteiger partial charge in [-0.1, -0.05) is 72.4 Å². The van der Waals surface area contributed by atoms with Gasteiger partial charge in [-0.25, -0.2) is 9.97 Å². The zero-order valence-electron chi connectivity index (χ0n) is 24.0. The number of aliphatic hydroxyl groups excluding tert-OH is 1. The van der Waals surface area contributed by atoms with E-state index in [2.05, 4.69) is 44.5 Å². The average Bonchev–Trinajstić information content (AvgIpc) is 3.10. The normalized spacial score (nSPS) is 18.1. The summed E-state index contributed by atoms with van der Waals surface area (Å²) in [7, 11) is 0. The summed E-state index contributed by atoms with van der Waals surface area (Å²) in [4.78, 5) is 25.2. The van der Waals surface area contributed by atoms with Crippen molar-refractivity contribution in [3.8, 4) is 11.1 Å². The number of aliphatic hydroxyl groups is 1. The first-order valence-corrected chi connectivity index (χ1v) is 15.4. The lowest BCUT2D eigenvalue weighted by molar-refractivity contribution is -0.245. The van der Waals surface area contributed by atoms with Crippen molar-refractivity contribution in [2.45, 2.75) is 43.2 Å². The van der Waals surface area contributed by atoms with Gasteiger partial charge in [-0.05, 0) is 58.1 Å². The molecular weight excluding hydrogens is 572 g/mol. The van der Waals surface area contributed by atoms with Crippen LogP contribution in [0.3, 0.4) is 0 Å². The molecular formula is C35H32N4O4S. The summed E-state index contributed by atoms with van der Waals surface area (Å²) in [6.07, 6.45) is 6.51. The first kappa shape index (κ1) is 29.7. The maximum Gasteiger partial charge on any atom is 0.253 e. The van der Waals surface area contributed by atoms with Crippen LogP contribution in [-0.2, 0) is 22.6 Å². The second-order valence-electron chi connectivity index (χ2n) is 10.4. The van der Waals surface area contributed by atoms with Gasteiger partial charge in [-0.3, -0.25) is 9.78 Å². The lowest BCUT2D eigenvalue weighted by Gasteiger charge is -2.36. The molecule has 0 radical (unpaired) electrons. The zero-order valence-corrected chi connectivity index (χ0v) is 24.8. The van der Waals surface area contributed by atoms with Crippen LogP contribution in [0.4, 0.5) is 0 Å². The smallest absolute Gasteiger partial charge is 0.253 e. The Morgan fingerprint density at radius 1 is 0.841 bits per heavy atom. The highest BCUT2D eigenvalue weighted by molar-refractivity contribution is 7.99. The van der Waals surface area contributed by atoms with Gasteiger partial charge in [-0.2, -0.15) is 0 Å². The van der Waals surface area contributed by atoms with Crippen LogP contribution < -0.4 is 5.32 Å². The molecule has 2 aromatic heterocycles. The molecule has 0 saturated carbocycles. The van der Waals surface area contributed by atoms with Gasteiger partial charge in [0.2, 0.25) is 0 Å². The Hall–Kier alpha value is -4.41. The van der Waals surface area contributed by atoms with Crippen molar-refractivity contribution in [1.29, 1.82) is 0 Å². The van der Waals surface area contributed by atoms with E-state index >= 15 is 0 Å². The van der Waals surface area contributed by atoms with Crippen LogP contribution in [-0.4, -0.2) is 37.8 Å². The van der Waals surface area contributed by atoms with E-state index in [0.717, 1.165) is 33.4 Å². The van der Waals surface area contributed by atoms with Gasteiger partial charge in [-0.15, -0.1) is 0 Å². The van der Waals surface area contributed by atoms with Gasteiger partial charge in [0.1, 0.15) is 0 Å². The minimum atomic E-state index is -0.574. The topological polar surface area (TPSA) is 106 Å². The first-order valence-electron chi connectivity index (χ1n) is 14.4. The Labute approximate surface area is 260 Å². The fourth-order valence-corrected chi connectivity index (χ4v) is 5.88. The molecule has 3 aromatic carbocycles. The molecule has 222 valence electrons. The molecule has 3 atom stereocenters. The molecule has 8 nitrogen and oxygen atoms in total. The minimum absolute atomic E-state index is 0.00124. The number of ether oxygens (including phenoxy) is 2. The number of rotatable bonds is 10. The van der Waals surface area contributed by atoms with Crippen molar-refractivity contribution in [2.75, 3.05) is 5.75 Å². The third kappa shape index (κ3) is 7.56. The maximum absolute atomic E-state index is 12.5. The SMILES string of the molecule is O=C(NCc1cccc(-c2cccc(C3OC(CSc4ncccn4)CC(c4ccc(CO)cc4)O3)c2)c1)c1cccnc1. The van der Waals surface area contributed by atoms with Crippen molar-refractivity contribution in [3.63, 3.8) is 0 Å². The van der Waals surface area contributed by atoms with Gasteiger partial charge >= 0.3 is 0 Å². The molecule has 5 aromatic rings. The van der Waals surface area contributed by atoms with Crippen LogP contribution in [0.25, 0.3) is 11.1 Å². The molecule has 1 aliphatic rings. The lowest BCUT2D eigenvalue weighted by atomic mass is 9.99. The predicted molar refractivity (Wildman–Crippen MR) is 168 cm³/mol. The van der Waals surface area contributed by atoms with Crippen LogP contribution in [0.5, 0.6) is 0 Å². The Bertz CT molecular complexity index is 1670. The molecule has 3 unspecified atom stereocenters. The van der Waals surface area contributed by atoms with E-state index in [9.17, 15) is 9.90 Å². The van der Waals surface area contributed by atoms with E-state index in [0.29, 0.717) is 29.4 Å². The van der Waals surface area contributed by atoms with Crippen LogP contribution in [0.2, 0.25) is 0 Å². The van der Waals surface area contributed by atoms with Crippen molar-refractivity contribution < 1.29 is 19.4 Å². The van der Waals surface area contributed by atoms with Crippen LogP contribution in [0.1, 0.15) is 51.4 Å². The Kier molecular flexibility index (Phi) is 9.69.